The van der Waals surface area contributed by atoms with E-state index in [1.807, 2.05) is 6.92 Å². The summed E-state index contributed by atoms with van der Waals surface area (Å²) < 4.78 is 0. The molecule has 0 saturated carbocycles. The van der Waals surface area contributed by atoms with E-state index in [-0.39, 0.29) is 17.9 Å². The van der Waals surface area contributed by atoms with Crippen LogP contribution in [0.1, 0.15) is 19.8 Å². The summed E-state index contributed by atoms with van der Waals surface area (Å²) in [5, 5.41) is 9.74. The van der Waals surface area contributed by atoms with Crippen LogP contribution in [0.15, 0.2) is 4.99 Å². The normalized spacial score (nSPS) is 19.3. The number of amides is 1. The Hall–Kier alpha value is -1.30. The summed E-state index contributed by atoms with van der Waals surface area (Å²) in [5.74, 6) is 0.123. The van der Waals surface area contributed by atoms with Gasteiger partial charge in [-0.15, -0.1) is 0 Å². The van der Waals surface area contributed by atoms with Crippen LogP contribution < -0.4 is 11.5 Å². The molecule has 0 aromatic heterocycles. The van der Waals surface area contributed by atoms with Crippen molar-refractivity contribution in [2.75, 3.05) is 13.1 Å². The second kappa shape index (κ2) is 4.97. The topological polar surface area (TPSA) is 105 Å². The largest absolute Gasteiger partial charge is 0.391 e. The van der Waals surface area contributed by atoms with Crippen LogP contribution in [0.3, 0.4) is 0 Å². The fraction of sp³-hybridized carbons (Fsp3) is 0.778. The first-order chi connectivity index (χ1) is 7.02. The van der Waals surface area contributed by atoms with Gasteiger partial charge in [-0.25, -0.2) is 0 Å². The van der Waals surface area contributed by atoms with E-state index in [4.69, 9.17) is 11.5 Å². The van der Waals surface area contributed by atoms with Crippen LogP contribution in [-0.2, 0) is 4.79 Å². The number of aliphatic hydroxyl groups excluding tert-OH is 1. The quantitative estimate of drug-likeness (QED) is 0.298. The van der Waals surface area contributed by atoms with Crippen molar-refractivity contribution < 1.29 is 9.90 Å². The minimum atomic E-state index is -0.572. The molecule has 1 aliphatic heterocycles. The molecule has 1 fully saturated rings. The number of carbonyl (C=O) groups is 1. The van der Waals surface area contributed by atoms with Gasteiger partial charge in [0, 0.05) is 19.5 Å². The van der Waals surface area contributed by atoms with Crippen molar-refractivity contribution in [2.24, 2.45) is 16.5 Å². The van der Waals surface area contributed by atoms with Gasteiger partial charge in [-0.3, -0.25) is 9.79 Å². The van der Waals surface area contributed by atoms with Crippen LogP contribution in [0, 0.1) is 0 Å². The van der Waals surface area contributed by atoms with Crippen LogP contribution in [0.2, 0.25) is 0 Å². The Morgan fingerprint density at radius 1 is 1.67 bits per heavy atom. The van der Waals surface area contributed by atoms with Crippen molar-refractivity contribution in [1.82, 2.24) is 4.90 Å². The Kier molecular flexibility index (Phi) is 3.90. The molecule has 1 rings (SSSR count). The molecule has 15 heavy (non-hydrogen) atoms. The Morgan fingerprint density at radius 3 is 2.73 bits per heavy atom. The molecule has 0 aliphatic carbocycles. The van der Waals surface area contributed by atoms with Gasteiger partial charge in [0.15, 0.2) is 5.96 Å². The molecule has 6 nitrogen and oxygen atoms in total. The van der Waals surface area contributed by atoms with E-state index in [1.165, 1.54) is 0 Å². The minimum Gasteiger partial charge on any atom is -0.391 e. The Morgan fingerprint density at radius 2 is 2.33 bits per heavy atom. The Bertz CT molecular complexity index is 263. The van der Waals surface area contributed by atoms with E-state index in [9.17, 15) is 9.90 Å². The molecule has 0 unspecified atom stereocenters. The van der Waals surface area contributed by atoms with Crippen molar-refractivity contribution >= 4 is 11.9 Å². The fourth-order valence-corrected chi connectivity index (χ4v) is 1.54. The second-order valence-electron chi connectivity index (χ2n) is 3.74. The zero-order valence-electron chi connectivity index (χ0n) is 8.89. The van der Waals surface area contributed by atoms with Gasteiger partial charge < -0.3 is 21.5 Å². The van der Waals surface area contributed by atoms with Crippen molar-refractivity contribution in [1.29, 1.82) is 0 Å². The first-order valence-electron chi connectivity index (χ1n) is 5.05. The van der Waals surface area contributed by atoms with E-state index in [2.05, 4.69) is 4.99 Å². The van der Waals surface area contributed by atoms with Gasteiger partial charge in [-0.05, 0) is 13.3 Å². The predicted octanol–water partition coefficient (Wildman–Crippen LogP) is -1.37. The monoisotopic (exact) mass is 214 g/mol. The molecule has 0 aromatic carbocycles. The third kappa shape index (κ3) is 3.09. The Balaban J connectivity index is 2.30. The molecule has 1 saturated heterocycles. The molecule has 2 atom stereocenters. The van der Waals surface area contributed by atoms with Crippen molar-refractivity contribution in [2.45, 2.75) is 31.9 Å². The molecule has 0 aromatic rings. The van der Waals surface area contributed by atoms with Gasteiger partial charge in [0.2, 0.25) is 5.91 Å². The number of aliphatic hydroxyl groups is 1. The minimum absolute atomic E-state index is 0.0230. The highest BCUT2D eigenvalue weighted by atomic mass is 16.3. The number of guanidine groups is 1. The van der Waals surface area contributed by atoms with Crippen molar-refractivity contribution in [3.8, 4) is 0 Å². The molecular weight excluding hydrogens is 196 g/mol. The summed E-state index contributed by atoms with van der Waals surface area (Å²) in [4.78, 5) is 16.6. The van der Waals surface area contributed by atoms with E-state index < -0.39 is 6.10 Å². The van der Waals surface area contributed by atoms with Gasteiger partial charge >= 0.3 is 0 Å². The number of nitrogens with zero attached hydrogens (tertiary/aromatic N) is 2. The highest BCUT2D eigenvalue weighted by Crippen LogP contribution is 2.16. The number of hydrogen-bond donors (Lipinski definition) is 3. The van der Waals surface area contributed by atoms with Crippen LogP contribution in [0.25, 0.3) is 0 Å². The summed E-state index contributed by atoms with van der Waals surface area (Å²) in [7, 11) is 0. The van der Waals surface area contributed by atoms with Crippen LogP contribution >= 0.6 is 0 Å². The number of carbonyl (C=O) groups excluding carboxylic acids is 1. The molecule has 1 amide bonds. The summed E-state index contributed by atoms with van der Waals surface area (Å²) >= 11 is 0. The Labute approximate surface area is 88.9 Å². The highest BCUT2D eigenvalue weighted by molar-refractivity contribution is 5.82. The van der Waals surface area contributed by atoms with Crippen LogP contribution in [-0.4, -0.2) is 47.1 Å². The standard InChI is InChI=1S/C9H18N4O2/c1-6(13-5-3-8(13)15)7(14)2-4-12-9(10)11/h6-7,14H,2-5H2,1H3,(H4,10,11,12)/t6-,7-/m1/s1. The zero-order valence-corrected chi connectivity index (χ0v) is 8.89. The van der Waals surface area contributed by atoms with Gasteiger partial charge in [0.05, 0.1) is 12.1 Å². The zero-order chi connectivity index (χ0) is 11.4. The molecule has 0 radical (unpaired) electrons. The van der Waals surface area contributed by atoms with Crippen LogP contribution in [0.5, 0.6) is 0 Å². The number of likely N-dealkylation sites (tertiary alicyclic amines) is 1. The molecule has 1 aliphatic rings. The third-order valence-corrected chi connectivity index (χ3v) is 2.65. The number of rotatable bonds is 5. The lowest BCUT2D eigenvalue weighted by molar-refractivity contribution is -0.145. The predicted molar refractivity (Wildman–Crippen MR) is 57.1 cm³/mol. The molecule has 0 bridgehead atoms. The number of nitrogens with two attached hydrogens (primary N) is 2. The number of hydrogen-bond acceptors (Lipinski definition) is 3. The lowest BCUT2D eigenvalue weighted by Gasteiger charge is -2.38. The summed E-state index contributed by atoms with van der Waals surface area (Å²) in [6.45, 7) is 2.95. The van der Waals surface area contributed by atoms with Gasteiger partial charge in [-0.2, -0.15) is 0 Å². The van der Waals surface area contributed by atoms with Gasteiger partial charge in [-0.1, -0.05) is 0 Å². The van der Waals surface area contributed by atoms with Crippen molar-refractivity contribution in [3.63, 3.8) is 0 Å². The number of β-lactam (4-membered cyclic amide) rings is 1. The molecule has 6 heteroatoms. The fourth-order valence-electron chi connectivity index (χ4n) is 1.54. The molecule has 1 heterocycles. The molecule has 0 spiro atoms. The molecule has 86 valence electrons. The first kappa shape index (κ1) is 11.8. The highest BCUT2D eigenvalue weighted by Gasteiger charge is 2.31. The van der Waals surface area contributed by atoms with Crippen LogP contribution in [0.4, 0.5) is 0 Å². The smallest absolute Gasteiger partial charge is 0.224 e. The second-order valence-corrected chi connectivity index (χ2v) is 3.74. The van der Waals surface area contributed by atoms with E-state index in [0.717, 1.165) is 6.54 Å². The first-order valence-corrected chi connectivity index (χ1v) is 5.05. The van der Waals surface area contributed by atoms with Gasteiger partial charge in [0.1, 0.15) is 0 Å². The maximum Gasteiger partial charge on any atom is 0.224 e. The lowest BCUT2D eigenvalue weighted by atomic mass is 10.0. The summed E-state index contributed by atoms with van der Waals surface area (Å²) in [6, 6.07) is -0.152. The SMILES string of the molecule is C[C@H]([C@H](O)CCN=C(N)N)N1CCC1=O. The average molecular weight is 214 g/mol. The maximum absolute atomic E-state index is 11.1. The average Bonchev–Trinajstić information content (AvgIpc) is 2.14. The van der Waals surface area contributed by atoms with E-state index in [0.29, 0.717) is 19.4 Å². The van der Waals surface area contributed by atoms with E-state index >= 15 is 0 Å². The number of aliphatic imine (C=N–C) groups is 1. The lowest BCUT2D eigenvalue weighted by Crippen LogP contribution is -2.53. The molecule has 5 N–H and O–H groups in total. The summed E-state index contributed by atoms with van der Waals surface area (Å²) in [6.07, 6.45) is 0.478. The third-order valence-electron chi connectivity index (χ3n) is 2.65. The van der Waals surface area contributed by atoms with Crippen molar-refractivity contribution in [3.05, 3.63) is 0 Å². The molecular formula is C9H18N4O2. The van der Waals surface area contributed by atoms with E-state index in [1.54, 1.807) is 4.90 Å². The van der Waals surface area contributed by atoms with Gasteiger partial charge in [0.25, 0.3) is 0 Å². The summed E-state index contributed by atoms with van der Waals surface area (Å²) in [5.41, 5.74) is 10.3. The maximum atomic E-state index is 11.1.